The van der Waals surface area contributed by atoms with E-state index >= 15 is 0 Å². The van der Waals surface area contributed by atoms with Crippen molar-refractivity contribution >= 4 is 17.5 Å². The molecule has 1 aliphatic rings. The summed E-state index contributed by atoms with van der Waals surface area (Å²) in [5, 5.41) is 3.52. The van der Waals surface area contributed by atoms with Crippen molar-refractivity contribution in [3.8, 4) is 0 Å². The van der Waals surface area contributed by atoms with Gasteiger partial charge in [-0.3, -0.25) is 4.79 Å². The maximum atomic E-state index is 12.3. The maximum absolute atomic E-state index is 12.3. The molecule has 3 rings (SSSR count). The van der Waals surface area contributed by atoms with E-state index in [2.05, 4.69) is 22.4 Å². The molecule has 1 aromatic carbocycles. The molecule has 1 N–H and O–H groups in total. The number of nitrogens with one attached hydrogen (secondary N) is 1. The summed E-state index contributed by atoms with van der Waals surface area (Å²) in [4.78, 5) is 16.3. The first-order chi connectivity index (χ1) is 10.1. The van der Waals surface area contributed by atoms with Crippen LogP contribution in [0.3, 0.4) is 0 Å². The number of hydrogen-bond donors (Lipinski definition) is 1. The molecule has 0 spiro atoms. The largest absolute Gasteiger partial charge is 0.349 e. The Bertz CT molecular complexity index is 627. The Kier molecular flexibility index (Phi) is 3.93. The summed E-state index contributed by atoms with van der Waals surface area (Å²) in [7, 11) is 0. The average molecular weight is 301 g/mol. The Balaban J connectivity index is 1.59. The summed E-state index contributed by atoms with van der Waals surface area (Å²) in [6, 6.07) is 13.8. The van der Waals surface area contributed by atoms with E-state index in [1.54, 1.807) is 12.3 Å². The third kappa shape index (κ3) is 3.24. The molecule has 2 aromatic rings. The molecule has 0 radical (unpaired) electrons. The van der Waals surface area contributed by atoms with Gasteiger partial charge in [0.25, 0.3) is 0 Å². The highest BCUT2D eigenvalue weighted by molar-refractivity contribution is 6.29. The van der Waals surface area contributed by atoms with E-state index in [-0.39, 0.29) is 17.9 Å². The van der Waals surface area contributed by atoms with Crippen molar-refractivity contribution in [1.29, 1.82) is 0 Å². The number of rotatable bonds is 4. The minimum Gasteiger partial charge on any atom is -0.349 e. The first kappa shape index (κ1) is 14.1. The average Bonchev–Trinajstić information content (AvgIpc) is 3.29. The van der Waals surface area contributed by atoms with Crippen LogP contribution in [0.15, 0.2) is 48.7 Å². The number of pyridine rings is 1. The highest BCUT2D eigenvalue weighted by atomic mass is 35.5. The van der Waals surface area contributed by atoms with Crippen LogP contribution in [0.2, 0.25) is 5.15 Å². The molecule has 1 heterocycles. The van der Waals surface area contributed by atoms with Crippen molar-refractivity contribution in [2.75, 3.05) is 0 Å². The molecular formula is C17H17ClN2O. The number of benzene rings is 1. The molecule has 1 amide bonds. The molecular weight excluding hydrogens is 284 g/mol. The van der Waals surface area contributed by atoms with Crippen molar-refractivity contribution in [2.45, 2.75) is 25.3 Å². The lowest BCUT2D eigenvalue weighted by Gasteiger charge is -2.14. The minimum absolute atomic E-state index is 0.0562. The summed E-state index contributed by atoms with van der Waals surface area (Å²) in [5.41, 5.74) is 2.21. The molecule has 1 unspecified atom stereocenters. The molecule has 0 saturated heterocycles. The van der Waals surface area contributed by atoms with E-state index in [1.165, 1.54) is 5.56 Å². The van der Waals surface area contributed by atoms with Gasteiger partial charge in [0.2, 0.25) is 5.91 Å². The predicted octanol–water partition coefficient (Wildman–Crippen LogP) is 3.72. The van der Waals surface area contributed by atoms with E-state index in [4.69, 9.17) is 11.6 Å². The Morgan fingerprint density at radius 3 is 2.71 bits per heavy atom. The Labute approximate surface area is 129 Å². The third-order valence-corrected chi connectivity index (χ3v) is 4.19. The van der Waals surface area contributed by atoms with Gasteiger partial charge < -0.3 is 5.32 Å². The van der Waals surface area contributed by atoms with Crippen molar-refractivity contribution in [3.63, 3.8) is 0 Å². The standard InChI is InChI=1S/C17H17ClN2O/c1-11(13-7-8-16(18)19-10-13)20-17(21)15-9-14(15)12-5-3-2-4-6-12/h2-8,10-11,14-15H,9H2,1H3,(H,20,21)/t11-,14+,15?/m0/s1. The van der Waals surface area contributed by atoms with E-state index in [9.17, 15) is 4.79 Å². The number of amides is 1. The molecule has 0 bridgehead atoms. The van der Waals surface area contributed by atoms with E-state index in [0.29, 0.717) is 11.1 Å². The molecule has 1 saturated carbocycles. The molecule has 1 aliphatic carbocycles. The van der Waals surface area contributed by atoms with Gasteiger partial charge in [0.05, 0.1) is 6.04 Å². The Hall–Kier alpha value is -1.87. The highest BCUT2D eigenvalue weighted by Crippen LogP contribution is 2.47. The molecule has 1 aromatic heterocycles. The summed E-state index contributed by atoms with van der Waals surface area (Å²) in [5.74, 6) is 0.572. The molecule has 1 fully saturated rings. The maximum Gasteiger partial charge on any atom is 0.224 e. The van der Waals surface area contributed by atoms with Gasteiger partial charge in [-0.15, -0.1) is 0 Å². The Morgan fingerprint density at radius 1 is 1.29 bits per heavy atom. The number of nitrogens with zero attached hydrogens (tertiary/aromatic N) is 1. The van der Waals surface area contributed by atoms with Gasteiger partial charge in [0.1, 0.15) is 5.15 Å². The molecule has 3 nitrogen and oxygen atoms in total. The molecule has 108 valence electrons. The van der Waals surface area contributed by atoms with Gasteiger partial charge in [0.15, 0.2) is 0 Å². The van der Waals surface area contributed by atoms with Gasteiger partial charge in [-0.25, -0.2) is 4.98 Å². The zero-order valence-corrected chi connectivity index (χ0v) is 12.5. The number of carbonyl (C=O) groups excluding carboxylic acids is 1. The van der Waals surface area contributed by atoms with Crippen LogP contribution in [0.25, 0.3) is 0 Å². The van der Waals surface area contributed by atoms with Crippen LogP contribution in [0.5, 0.6) is 0 Å². The van der Waals surface area contributed by atoms with Crippen LogP contribution < -0.4 is 5.32 Å². The van der Waals surface area contributed by atoms with Crippen LogP contribution >= 0.6 is 11.6 Å². The summed E-state index contributed by atoms with van der Waals surface area (Å²) >= 11 is 5.77. The lowest BCUT2D eigenvalue weighted by molar-refractivity contribution is -0.123. The monoisotopic (exact) mass is 300 g/mol. The van der Waals surface area contributed by atoms with Crippen molar-refractivity contribution in [3.05, 3.63) is 64.9 Å². The summed E-state index contributed by atoms with van der Waals surface area (Å²) in [6.45, 7) is 1.96. The van der Waals surface area contributed by atoms with Crippen molar-refractivity contribution < 1.29 is 4.79 Å². The van der Waals surface area contributed by atoms with Crippen molar-refractivity contribution in [1.82, 2.24) is 10.3 Å². The minimum atomic E-state index is -0.0562. The fraction of sp³-hybridized carbons (Fsp3) is 0.294. The first-order valence-corrected chi connectivity index (χ1v) is 7.49. The summed E-state index contributed by atoms with van der Waals surface area (Å²) < 4.78 is 0. The predicted molar refractivity (Wildman–Crippen MR) is 83.1 cm³/mol. The summed E-state index contributed by atoms with van der Waals surface area (Å²) in [6.07, 6.45) is 2.64. The molecule has 4 heteroatoms. The van der Waals surface area contributed by atoms with E-state index < -0.39 is 0 Å². The lowest BCUT2D eigenvalue weighted by atomic mass is 10.1. The van der Waals surface area contributed by atoms with E-state index in [0.717, 1.165) is 12.0 Å². The second-order valence-electron chi connectivity index (χ2n) is 5.50. The van der Waals surface area contributed by atoms with Crippen LogP contribution in [-0.2, 0) is 4.79 Å². The SMILES string of the molecule is C[C@H](NC(=O)C1C[C@@H]1c1ccccc1)c1ccc(Cl)nc1. The highest BCUT2D eigenvalue weighted by Gasteiger charge is 2.44. The van der Waals surface area contributed by atoms with E-state index in [1.807, 2.05) is 31.2 Å². The molecule has 3 atom stereocenters. The molecule has 21 heavy (non-hydrogen) atoms. The normalized spacial score (nSPS) is 21.6. The van der Waals surface area contributed by atoms with Crippen molar-refractivity contribution in [2.24, 2.45) is 5.92 Å². The zero-order chi connectivity index (χ0) is 14.8. The first-order valence-electron chi connectivity index (χ1n) is 7.12. The van der Waals surface area contributed by atoms with Gasteiger partial charge in [-0.05, 0) is 36.5 Å². The number of aromatic nitrogens is 1. The van der Waals surface area contributed by atoms with Gasteiger partial charge >= 0.3 is 0 Å². The van der Waals surface area contributed by atoms with Crippen LogP contribution in [0.1, 0.15) is 36.4 Å². The molecule has 0 aliphatic heterocycles. The fourth-order valence-electron chi connectivity index (χ4n) is 2.60. The second-order valence-corrected chi connectivity index (χ2v) is 5.89. The topological polar surface area (TPSA) is 42.0 Å². The van der Waals surface area contributed by atoms with Gasteiger partial charge in [-0.1, -0.05) is 48.0 Å². The zero-order valence-electron chi connectivity index (χ0n) is 11.8. The van der Waals surface area contributed by atoms with Crippen LogP contribution in [0.4, 0.5) is 0 Å². The van der Waals surface area contributed by atoms with Crippen LogP contribution in [-0.4, -0.2) is 10.9 Å². The number of carbonyl (C=O) groups is 1. The third-order valence-electron chi connectivity index (χ3n) is 3.96. The number of hydrogen-bond acceptors (Lipinski definition) is 2. The second kappa shape index (κ2) is 5.86. The fourth-order valence-corrected chi connectivity index (χ4v) is 2.71. The lowest BCUT2D eigenvalue weighted by Crippen LogP contribution is -2.28. The number of halogens is 1. The van der Waals surface area contributed by atoms with Gasteiger partial charge in [0, 0.05) is 12.1 Å². The van der Waals surface area contributed by atoms with Gasteiger partial charge in [-0.2, -0.15) is 0 Å². The van der Waals surface area contributed by atoms with Crippen LogP contribution in [0, 0.1) is 5.92 Å². The quantitative estimate of drug-likeness (QED) is 0.875. The smallest absolute Gasteiger partial charge is 0.224 e. The Morgan fingerprint density at radius 2 is 2.05 bits per heavy atom.